The summed E-state index contributed by atoms with van der Waals surface area (Å²) in [5.41, 5.74) is 0.563. The molecule has 3 rings (SSSR count). The topological polar surface area (TPSA) is 17.1 Å². The molecular weight excluding hydrogens is 215 g/mol. The van der Waals surface area contributed by atoms with Crippen molar-refractivity contribution in [3.05, 3.63) is 42.2 Å². The Kier molecular flexibility index (Phi) is 2.16. The van der Waals surface area contributed by atoms with Gasteiger partial charge in [-0.2, -0.15) is 0 Å². The quantitative estimate of drug-likeness (QED) is 0.674. The highest BCUT2D eigenvalue weighted by molar-refractivity contribution is 7.75. The lowest BCUT2D eigenvalue weighted by molar-refractivity contribution is 0.452. The van der Waals surface area contributed by atoms with Crippen molar-refractivity contribution in [1.29, 1.82) is 0 Å². The minimum atomic E-state index is -2.27. The summed E-state index contributed by atoms with van der Waals surface area (Å²) in [6.45, 7) is 2.27. The molecule has 2 aliphatic rings. The SMILES string of the molecule is CC12C=CP(=O)(c3ccccc3)C1CCC2. The fourth-order valence-electron chi connectivity index (χ4n) is 3.31. The second-order valence-electron chi connectivity index (χ2n) is 5.27. The van der Waals surface area contributed by atoms with Gasteiger partial charge < -0.3 is 4.57 Å². The standard InChI is InChI=1S/C14H17OP/c1-14-9-5-8-13(14)16(15,11-10-14)12-6-3-2-4-7-12/h2-4,6-7,10-11,13H,5,8-9H2,1H3. The molecule has 84 valence electrons. The van der Waals surface area contributed by atoms with Crippen LogP contribution in [-0.4, -0.2) is 5.66 Å². The van der Waals surface area contributed by atoms with Crippen LogP contribution in [0.5, 0.6) is 0 Å². The molecule has 3 unspecified atom stereocenters. The summed E-state index contributed by atoms with van der Waals surface area (Å²) < 4.78 is 13.1. The van der Waals surface area contributed by atoms with Crippen LogP contribution in [-0.2, 0) is 4.57 Å². The third-order valence-corrected chi connectivity index (χ3v) is 7.73. The van der Waals surface area contributed by atoms with Crippen molar-refractivity contribution in [2.24, 2.45) is 5.41 Å². The highest BCUT2D eigenvalue weighted by Gasteiger charge is 2.51. The molecule has 0 aromatic heterocycles. The van der Waals surface area contributed by atoms with Crippen molar-refractivity contribution in [3.63, 3.8) is 0 Å². The Morgan fingerprint density at radius 3 is 2.81 bits per heavy atom. The maximum absolute atomic E-state index is 13.1. The summed E-state index contributed by atoms with van der Waals surface area (Å²) in [5, 5.41) is 1.04. The summed E-state index contributed by atoms with van der Waals surface area (Å²) in [4.78, 5) is 0. The van der Waals surface area contributed by atoms with Crippen molar-refractivity contribution >= 4 is 12.4 Å². The lowest BCUT2D eigenvalue weighted by Crippen LogP contribution is -2.23. The Bertz CT molecular complexity index is 477. The van der Waals surface area contributed by atoms with Gasteiger partial charge >= 0.3 is 0 Å². The van der Waals surface area contributed by atoms with E-state index < -0.39 is 7.14 Å². The summed E-state index contributed by atoms with van der Waals surface area (Å²) >= 11 is 0. The molecule has 1 aromatic carbocycles. The van der Waals surface area contributed by atoms with E-state index in [1.54, 1.807) is 0 Å². The Labute approximate surface area is 96.9 Å². The first-order chi connectivity index (χ1) is 7.65. The highest BCUT2D eigenvalue weighted by Crippen LogP contribution is 2.68. The zero-order valence-corrected chi connectivity index (χ0v) is 10.5. The lowest BCUT2D eigenvalue weighted by Gasteiger charge is -2.27. The smallest absolute Gasteiger partial charge is 0.139 e. The van der Waals surface area contributed by atoms with Gasteiger partial charge in [-0.3, -0.25) is 0 Å². The van der Waals surface area contributed by atoms with Crippen LogP contribution in [0.3, 0.4) is 0 Å². The molecule has 0 radical (unpaired) electrons. The number of benzene rings is 1. The molecule has 16 heavy (non-hydrogen) atoms. The first kappa shape index (κ1) is 10.4. The van der Waals surface area contributed by atoms with Crippen LogP contribution >= 0.6 is 7.14 Å². The zero-order chi connectivity index (χ0) is 11.2. The van der Waals surface area contributed by atoms with Crippen molar-refractivity contribution in [3.8, 4) is 0 Å². The Balaban J connectivity index is 2.09. The summed E-state index contributed by atoms with van der Waals surface area (Å²) in [7, 11) is -2.27. The summed E-state index contributed by atoms with van der Waals surface area (Å²) in [6, 6.07) is 10.0. The fraction of sp³-hybridized carbons (Fsp3) is 0.429. The maximum atomic E-state index is 13.1. The molecule has 0 amide bonds. The molecule has 1 saturated carbocycles. The van der Waals surface area contributed by atoms with Crippen molar-refractivity contribution in [2.45, 2.75) is 31.8 Å². The van der Waals surface area contributed by atoms with E-state index in [9.17, 15) is 4.57 Å². The molecule has 0 spiro atoms. The number of allylic oxidation sites excluding steroid dienone is 1. The van der Waals surface area contributed by atoms with E-state index in [1.165, 1.54) is 12.8 Å². The molecule has 3 atom stereocenters. The molecule has 1 aliphatic carbocycles. The van der Waals surface area contributed by atoms with E-state index in [0.29, 0.717) is 5.66 Å². The van der Waals surface area contributed by atoms with E-state index in [2.05, 4.69) is 13.0 Å². The highest BCUT2D eigenvalue weighted by atomic mass is 31.2. The Morgan fingerprint density at radius 2 is 2.06 bits per heavy atom. The van der Waals surface area contributed by atoms with E-state index in [0.717, 1.165) is 11.7 Å². The Morgan fingerprint density at radius 1 is 1.31 bits per heavy atom. The minimum absolute atomic E-state index is 0.200. The normalized spacial score (nSPS) is 41.2. The molecule has 0 saturated heterocycles. The molecule has 1 fully saturated rings. The predicted molar refractivity (Wildman–Crippen MR) is 68.6 cm³/mol. The van der Waals surface area contributed by atoms with Crippen LogP contribution in [0.15, 0.2) is 42.2 Å². The monoisotopic (exact) mass is 232 g/mol. The van der Waals surface area contributed by atoms with Gasteiger partial charge in [-0.15, -0.1) is 0 Å². The fourth-order valence-corrected chi connectivity index (χ4v) is 6.91. The molecule has 0 N–H and O–H groups in total. The number of fused-ring (bicyclic) bond motifs is 1. The van der Waals surface area contributed by atoms with Crippen LogP contribution < -0.4 is 5.30 Å². The largest absolute Gasteiger partial charge is 0.314 e. The van der Waals surface area contributed by atoms with Crippen molar-refractivity contribution in [2.75, 3.05) is 0 Å². The Hall–Kier alpha value is -0.810. The second kappa shape index (κ2) is 3.34. The van der Waals surface area contributed by atoms with Crippen molar-refractivity contribution in [1.82, 2.24) is 0 Å². The van der Waals surface area contributed by atoms with Gasteiger partial charge in [0.15, 0.2) is 0 Å². The number of rotatable bonds is 1. The third kappa shape index (κ3) is 1.28. The summed E-state index contributed by atoms with van der Waals surface area (Å²) in [5.74, 6) is 2.02. The van der Waals surface area contributed by atoms with E-state index in [1.807, 2.05) is 36.1 Å². The first-order valence-corrected chi connectivity index (χ1v) is 7.85. The minimum Gasteiger partial charge on any atom is -0.314 e. The summed E-state index contributed by atoms with van der Waals surface area (Å²) in [6.07, 6.45) is 5.77. The van der Waals surface area contributed by atoms with Crippen LogP contribution in [0.25, 0.3) is 0 Å². The molecule has 1 heterocycles. The van der Waals surface area contributed by atoms with Gasteiger partial charge in [0, 0.05) is 11.0 Å². The van der Waals surface area contributed by atoms with Gasteiger partial charge in [-0.05, 0) is 24.1 Å². The van der Waals surface area contributed by atoms with E-state index in [-0.39, 0.29) is 5.41 Å². The molecule has 0 bridgehead atoms. The van der Waals surface area contributed by atoms with Crippen LogP contribution in [0.4, 0.5) is 0 Å². The van der Waals surface area contributed by atoms with Gasteiger partial charge in [0.1, 0.15) is 7.14 Å². The van der Waals surface area contributed by atoms with E-state index in [4.69, 9.17) is 0 Å². The molecule has 1 aliphatic heterocycles. The van der Waals surface area contributed by atoms with Crippen LogP contribution in [0.2, 0.25) is 0 Å². The molecule has 1 nitrogen and oxygen atoms in total. The third-order valence-electron chi connectivity index (χ3n) is 4.25. The van der Waals surface area contributed by atoms with E-state index >= 15 is 0 Å². The predicted octanol–water partition coefficient (Wildman–Crippen LogP) is 3.76. The van der Waals surface area contributed by atoms with Crippen LogP contribution in [0, 0.1) is 5.41 Å². The van der Waals surface area contributed by atoms with Crippen LogP contribution in [0.1, 0.15) is 26.2 Å². The number of hydrogen-bond donors (Lipinski definition) is 0. The molecular formula is C14H17OP. The van der Waals surface area contributed by atoms with Gasteiger partial charge in [-0.1, -0.05) is 49.8 Å². The molecule has 1 aromatic rings. The number of hydrogen-bond acceptors (Lipinski definition) is 1. The lowest BCUT2D eigenvalue weighted by atomic mass is 9.89. The maximum Gasteiger partial charge on any atom is 0.139 e. The zero-order valence-electron chi connectivity index (χ0n) is 9.60. The second-order valence-corrected chi connectivity index (χ2v) is 8.13. The van der Waals surface area contributed by atoms with Gasteiger partial charge in [-0.25, -0.2) is 0 Å². The van der Waals surface area contributed by atoms with Gasteiger partial charge in [0.05, 0.1) is 0 Å². The average molecular weight is 232 g/mol. The average Bonchev–Trinajstić information content (AvgIpc) is 2.80. The first-order valence-electron chi connectivity index (χ1n) is 6.01. The van der Waals surface area contributed by atoms with Gasteiger partial charge in [0.25, 0.3) is 0 Å². The van der Waals surface area contributed by atoms with Gasteiger partial charge in [0.2, 0.25) is 0 Å². The molecule has 2 heteroatoms. The van der Waals surface area contributed by atoms with Crippen molar-refractivity contribution < 1.29 is 4.57 Å².